The molecule has 2 aromatic carbocycles. The van der Waals surface area contributed by atoms with Crippen molar-refractivity contribution in [3.8, 4) is 0 Å². The van der Waals surface area contributed by atoms with Gasteiger partial charge in [0.05, 0.1) is 4.92 Å². The Hall–Kier alpha value is -2.69. The smallest absolute Gasteiger partial charge is 0.271 e. The third-order valence-corrected chi connectivity index (χ3v) is 3.80. The number of nitrogens with zero attached hydrogens (tertiary/aromatic N) is 1. The third kappa shape index (κ3) is 4.91. The van der Waals surface area contributed by atoms with Gasteiger partial charge in [-0.05, 0) is 29.0 Å². The summed E-state index contributed by atoms with van der Waals surface area (Å²) in [7, 11) is 0. The summed E-state index contributed by atoms with van der Waals surface area (Å²) >= 11 is 0. The fourth-order valence-corrected chi connectivity index (χ4v) is 2.35. The van der Waals surface area contributed by atoms with E-state index in [2.05, 4.69) is 38.2 Å². The number of aryl methyl sites for hydroxylation is 1. The standard InChI is InChI=1S/C19H22N2O3/c1-19(2,3)15-10-7-14(8-11-15)9-12-18(22)20-16-5-4-6-17(13-16)21(23)24/h4-8,10-11,13H,9,12H2,1-3H3,(H,20,22). The zero-order valence-electron chi connectivity index (χ0n) is 14.2. The SMILES string of the molecule is CC(C)(C)c1ccc(CCC(=O)Nc2cccc([N+](=O)[O-])c2)cc1. The highest BCUT2D eigenvalue weighted by Gasteiger charge is 2.13. The van der Waals surface area contributed by atoms with E-state index in [1.54, 1.807) is 12.1 Å². The van der Waals surface area contributed by atoms with Crippen molar-refractivity contribution < 1.29 is 9.72 Å². The van der Waals surface area contributed by atoms with Gasteiger partial charge in [-0.15, -0.1) is 0 Å². The van der Waals surface area contributed by atoms with Crippen LogP contribution in [0.2, 0.25) is 0 Å². The normalized spacial score (nSPS) is 11.1. The number of benzene rings is 2. The van der Waals surface area contributed by atoms with Crippen molar-refractivity contribution in [2.24, 2.45) is 0 Å². The number of anilines is 1. The number of amides is 1. The first-order valence-corrected chi connectivity index (χ1v) is 7.89. The largest absolute Gasteiger partial charge is 0.326 e. The Labute approximate surface area is 141 Å². The van der Waals surface area contributed by atoms with Crippen LogP contribution < -0.4 is 5.32 Å². The summed E-state index contributed by atoms with van der Waals surface area (Å²) in [5.41, 5.74) is 2.87. The van der Waals surface area contributed by atoms with Crippen molar-refractivity contribution in [3.05, 3.63) is 69.8 Å². The number of rotatable bonds is 5. The Morgan fingerprint density at radius 1 is 1.12 bits per heavy atom. The molecule has 0 saturated carbocycles. The van der Waals surface area contributed by atoms with Crippen LogP contribution in [-0.4, -0.2) is 10.8 Å². The van der Waals surface area contributed by atoms with Gasteiger partial charge in [0.2, 0.25) is 5.91 Å². The van der Waals surface area contributed by atoms with Gasteiger partial charge in [-0.25, -0.2) is 0 Å². The molecule has 24 heavy (non-hydrogen) atoms. The van der Waals surface area contributed by atoms with Gasteiger partial charge in [0.25, 0.3) is 5.69 Å². The van der Waals surface area contributed by atoms with Crippen LogP contribution in [0.25, 0.3) is 0 Å². The zero-order chi connectivity index (χ0) is 17.7. The second-order valence-electron chi connectivity index (χ2n) is 6.80. The Bertz CT molecular complexity index is 731. The molecule has 0 bridgehead atoms. The second-order valence-corrected chi connectivity index (χ2v) is 6.80. The Morgan fingerprint density at radius 2 is 1.79 bits per heavy atom. The van der Waals surface area contributed by atoms with Crippen LogP contribution in [-0.2, 0) is 16.6 Å². The van der Waals surface area contributed by atoms with E-state index in [1.165, 1.54) is 17.7 Å². The van der Waals surface area contributed by atoms with Gasteiger partial charge >= 0.3 is 0 Å². The Morgan fingerprint density at radius 3 is 2.38 bits per heavy atom. The minimum atomic E-state index is -0.480. The first kappa shape index (κ1) is 17.7. The van der Waals surface area contributed by atoms with E-state index in [9.17, 15) is 14.9 Å². The molecule has 0 aliphatic rings. The van der Waals surface area contributed by atoms with Crippen molar-refractivity contribution in [1.82, 2.24) is 0 Å². The van der Waals surface area contributed by atoms with Crippen LogP contribution in [0.1, 0.15) is 38.3 Å². The average molecular weight is 326 g/mol. The summed E-state index contributed by atoms with van der Waals surface area (Å²) in [4.78, 5) is 22.3. The summed E-state index contributed by atoms with van der Waals surface area (Å²) in [5, 5.41) is 13.4. The summed E-state index contributed by atoms with van der Waals surface area (Å²) < 4.78 is 0. The van der Waals surface area contributed by atoms with Gasteiger partial charge in [0, 0.05) is 24.2 Å². The fourth-order valence-electron chi connectivity index (χ4n) is 2.35. The van der Waals surface area contributed by atoms with E-state index < -0.39 is 4.92 Å². The van der Waals surface area contributed by atoms with E-state index in [0.717, 1.165) is 5.56 Å². The number of carbonyl (C=O) groups is 1. The predicted octanol–water partition coefficient (Wildman–Crippen LogP) is 4.46. The van der Waals surface area contributed by atoms with Crippen LogP contribution in [0.5, 0.6) is 0 Å². The van der Waals surface area contributed by atoms with Crippen molar-refractivity contribution in [2.75, 3.05) is 5.32 Å². The lowest BCUT2D eigenvalue weighted by Gasteiger charge is -2.19. The monoisotopic (exact) mass is 326 g/mol. The topological polar surface area (TPSA) is 72.2 Å². The first-order valence-electron chi connectivity index (χ1n) is 7.89. The maximum atomic E-state index is 12.0. The quantitative estimate of drug-likeness (QED) is 0.651. The number of non-ortho nitro benzene ring substituents is 1. The van der Waals surface area contributed by atoms with Crippen LogP contribution in [0.15, 0.2) is 48.5 Å². The molecule has 0 radical (unpaired) electrons. The maximum absolute atomic E-state index is 12.0. The van der Waals surface area contributed by atoms with Crippen LogP contribution >= 0.6 is 0 Å². The zero-order valence-corrected chi connectivity index (χ0v) is 14.2. The number of nitro groups is 1. The van der Waals surface area contributed by atoms with Crippen molar-refractivity contribution in [3.63, 3.8) is 0 Å². The molecule has 0 aromatic heterocycles. The van der Waals surface area contributed by atoms with Gasteiger partial charge in [0.15, 0.2) is 0 Å². The molecule has 2 aromatic rings. The van der Waals surface area contributed by atoms with Gasteiger partial charge in [-0.1, -0.05) is 51.1 Å². The number of nitrogens with one attached hydrogen (secondary N) is 1. The van der Waals surface area contributed by atoms with Gasteiger partial charge in [-0.2, -0.15) is 0 Å². The molecule has 1 N–H and O–H groups in total. The van der Waals surface area contributed by atoms with Gasteiger partial charge in [-0.3, -0.25) is 14.9 Å². The lowest BCUT2D eigenvalue weighted by atomic mass is 9.86. The minimum absolute atomic E-state index is 0.0365. The van der Waals surface area contributed by atoms with Crippen molar-refractivity contribution >= 4 is 17.3 Å². The lowest BCUT2D eigenvalue weighted by Crippen LogP contribution is -2.13. The second kappa shape index (κ2) is 7.25. The van der Waals surface area contributed by atoms with E-state index in [0.29, 0.717) is 18.5 Å². The molecule has 0 heterocycles. The molecule has 5 nitrogen and oxygen atoms in total. The third-order valence-electron chi connectivity index (χ3n) is 3.80. The average Bonchev–Trinajstić information content (AvgIpc) is 2.53. The molecule has 126 valence electrons. The highest BCUT2D eigenvalue weighted by molar-refractivity contribution is 5.91. The highest BCUT2D eigenvalue weighted by atomic mass is 16.6. The molecule has 0 aliphatic carbocycles. The van der Waals surface area contributed by atoms with Gasteiger partial charge in [0.1, 0.15) is 0 Å². The molecule has 0 atom stereocenters. The summed E-state index contributed by atoms with van der Waals surface area (Å²) in [6, 6.07) is 14.2. The Balaban J connectivity index is 1.91. The van der Waals surface area contributed by atoms with Crippen LogP contribution in [0.4, 0.5) is 11.4 Å². The summed E-state index contributed by atoms with van der Waals surface area (Å²) in [6.07, 6.45) is 0.961. The Kier molecular flexibility index (Phi) is 5.34. The van der Waals surface area contributed by atoms with Gasteiger partial charge < -0.3 is 5.32 Å². The molecule has 2 rings (SSSR count). The number of nitro benzene ring substituents is 1. The number of carbonyl (C=O) groups excluding carboxylic acids is 1. The minimum Gasteiger partial charge on any atom is -0.326 e. The molecular formula is C19H22N2O3. The lowest BCUT2D eigenvalue weighted by molar-refractivity contribution is -0.384. The van der Waals surface area contributed by atoms with Crippen LogP contribution in [0.3, 0.4) is 0 Å². The highest BCUT2D eigenvalue weighted by Crippen LogP contribution is 2.22. The van der Waals surface area contributed by atoms with E-state index in [-0.39, 0.29) is 17.0 Å². The molecule has 0 aliphatic heterocycles. The molecule has 0 saturated heterocycles. The molecule has 1 amide bonds. The van der Waals surface area contributed by atoms with E-state index in [4.69, 9.17) is 0 Å². The van der Waals surface area contributed by atoms with Crippen molar-refractivity contribution in [1.29, 1.82) is 0 Å². The summed E-state index contributed by atoms with van der Waals surface area (Å²) in [6.45, 7) is 6.48. The number of hydrogen-bond donors (Lipinski definition) is 1. The maximum Gasteiger partial charge on any atom is 0.271 e. The molecular weight excluding hydrogens is 304 g/mol. The molecule has 0 spiro atoms. The van der Waals surface area contributed by atoms with E-state index in [1.807, 2.05) is 12.1 Å². The fraction of sp³-hybridized carbons (Fsp3) is 0.316. The predicted molar refractivity (Wildman–Crippen MR) is 95.2 cm³/mol. The molecule has 0 fully saturated rings. The first-order chi connectivity index (χ1) is 11.3. The molecule has 5 heteroatoms. The molecule has 0 unspecified atom stereocenters. The summed E-state index contributed by atoms with van der Waals surface area (Å²) in [5.74, 6) is -0.157. The van der Waals surface area contributed by atoms with E-state index >= 15 is 0 Å². The van der Waals surface area contributed by atoms with Crippen LogP contribution in [0, 0.1) is 10.1 Å². The van der Waals surface area contributed by atoms with Crippen molar-refractivity contribution in [2.45, 2.75) is 39.0 Å². The number of hydrogen-bond acceptors (Lipinski definition) is 3.